The van der Waals surface area contributed by atoms with Gasteiger partial charge in [0.2, 0.25) is 5.95 Å². The molecule has 2 N–H and O–H groups in total. The van der Waals surface area contributed by atoms with E-state index in [1.54, 1.807) is 6.20 Å². The van der Waals surface area contributed by atoms with E-state index in [1.165, 1.54) is 0 Å². The third kappa shape index (κ3) is 2.95. The Balaban J connectivity index is 1.31. The molecular formula is C20H20N6O. The molecule has 1 saturated carbocycles. The summed E-state index contributed by atoms with van der Waals surface area (Å²) in [5, 5.41) is 4.50. The number of nitrogens with zero attached hydrogens (tertiary/aromatic N) is 4. The van der Waals surface area contributed by atoms with Crippen molar-refractivity contribution in [3.8, 4) is 0 Å². The van der Waals surface area contributed by atoms with Gasteiger partial charge in [0, 0.05) is 29.9 Å². The third-order valence-electron chi connectivity index (χ3n) is 5.36. The lowest BCUT2D eigenvalue weighted by Crippen LogP contribution is -2.31. The first-order valence-electron chi connectivity index (χ1n) is 9.31. The number of para-hydroxylation sites is 1. The van der Waals surface area contributed by atoms with Gasteiger partial charge in [-0.3, -0.25) is 4.57 Å². The number of fused-ring (bicyclic) bond motifs is 2. The summed E-state index contributed by atoms with van der Waals surface area (Å²) in [6, 6.07) is 12.2. The molecular weight excluding hydrogens is 340 g/mol. The first-order valence-corrected chi connectivity index (χ1v) is 9.31. The number of anilines is 1. The van der Waals surface area contributed by atoms with Gasteiger partial charge in [0.15, 0.2) is 5.65 Å². The van der Waals surface area contributed by atoms with E-state index in [0.29, 0.717) is 12.0 Å². The summed E-state index contributed by atoms with van der Waals surface area (Å²) in [7, 11) is 0. The van der Waals surface area contributed by atoms with E-state index in [2.05, 4.69) is 25.3 Å². The van der Waals surface area contributed by atoms with Gasteiger partial charge >= 0.3 is 5.69 Å². The Hall–Kier alpha value is -3.22. The Morgan fingerprint density at radius 2 is 1.89 bits per heavy atom. The number of benzene rings is 1. The monoisotopic (exact) mass is 360 g/mol. The number of H-pyrrole nitrogens is 1. The van der Waals surface area contributed by atoms with Gasteiger partial charge in [0.1, 0.15) is 0 Å². The molecule has 5 rings (SSSR count). The quantitative estimate of drug-likeness (QED) is 0.585. The summed E-state index contributed by atoms with van der Waals surface area (Å²) in [6.45, 7) is 0. The summed E-state index contributed by atoms with van der Waals surface area (Å²) < 4.78 is 1.82. The van der Waals surface area contributed by atoms with Gasteiger partial charge in [0.25, 0.3) is 0 Å². The minimum absolute atomic E-state index is 0.0713. The molecule has 0 amide bonds. The van der Waals surface area contributed by atoms with Crippen LogP contribution in [-0.2, 0) is 0 Å². The molecule has 4 aromatic rings. The van der Waals surface area contributed by atoms with E-state index in [4.69, 9.17) is 0 Å². The van der Waals surface area contributed by atoms with Crippen molar-refractivity contribution in [2.24, 2.45) is 0 Å². The molecule has 3 aromatic heterocycles. The van der Waals surface area contributed by atoms with Crippen LogP contribution in [0.4, 0.5) is 5.95 Å². The van der Waals surface area contributed by atoms with Crippen LogP contribution in [0.2, 0.25) is 0 Å². The van der Waals surface area contributed by atoms with Gasteiger partial charge in [0.05, 0.1) is 11.0 Å². The Labute approximate surface area is 155 Å². The molecule has 0 atom stereocenters. The van der Waals surface area contributed by atoms with E-state index in [-0.39, 0.29) is 11.7 Å². The number of hydrogen-bond donors (Lipinski definition) is 2. The van der Waals surface area contributed by atoms with Crippen LogP contribution in [0.1, 0.15) is 31.7 Å². The molecule has 0 aliphatic heterocycles. The highest BCUT2D eigenvalue weighted by Gasteiger charge is 2.25. The fraction of sp³-hybridized carbons (Fsp3) is 0.300. The molecule has 1 aliphatic rings. The fourth-order valence-electron chi connectivity index (χ4n) is 4.00. The van der Waals surface area contributed by atoms with Crippen LogP contribution < -0.4 is 11.0 Å². The standard InChI is InChI=1S/C20H20N6O/c27-20-25-17-6-3-11-21-18(17)26(20)15-9-7-14(8-10-15)23-19-22-12-13-4-1-2-5-16(13)24-19/h1-6,11-12,14-15H,7-10H2,(H,25,27)(H,22,23,24)/t14-,15-. The average Bonchev–Trinajstić information content (AvgIpc) is 3.04. The van der Waals surface area contributed by atoms with Crippen LogP contribution in [-0.4, -0.2) is 30.5 Å². The van der Waals surface area contributed by atoms with Gasteiger partial charge in [-0.15, -0.1) is 0 Å². The average molecular weight is 360 g/mol. The number of aromatic amines is 1. The highest BCUT2D eigenvalue weighted by atomic mass is 16.1. The highest BCUT2D eigenvalue weighted by Crippen LogP contribution is 2.30. The van der Waals surface area contributed by atoms with E-state index in [1.807, 2.05) is 47.2 Å². The smallest absolute Gasteiger partial charge is 0.327 e. The SMILES string of the molecule is O=c1[nH]c2cccnc2n1[C@H]1CC[C@H](Nc2ncc3ccccc3n2)CC1. The van der Waals surface area contributed by atoms with Crippen molar-refractivity contribution in [1.82, 2.24) is 24.5 Å². The zero-order chi connectivity index (χ0) is 18.2. The molecule has 0 radical (unpaired) electrons. The molecule has 0 bridgehead atoms. The van der Waals surface area contributed by atoms with Gasteiger partial charge < -0.3 is 10.3 Å². The molecule has 136 valence electrons. The molecule has 1 aromatic carbocycles. The Morgan fingerprint density at radius 1 is 1.04 bits per heavy atom. The van der Waals surface area contributed by atoms with Gasteiger partial charge in [-0.1, -0.05) is 18.2 Å². The number of imidazole rings is 1. The summed E-state index contributed by atoms with van der Waals surface area (Å²) in [6.07, 6.45) is 7.37. The molecule has 0 saturated heterocycles. The Bertz CT molecular complexity index is 1160. The molecule has 27 heavy (non-hydrogen) atoms. The van der Waals surface area contributed by atoms with Gasteiger partial charge in [-0.2, -0.15) is 0 Å². The molecule has 7 heteroatoms. The van der Waals surface area contributed by atoms with Gasteiger partial charge in [-0.25, -0.2) is 19.7 Å². The van der Waals surface area contributed by atoms with Crippen molar-refractivity contribution in [2.45, 2.75) is 37.8 Å². The number of rotatable bonds is 3. The predicted molar refractivity (Wildman–Crippen MR) is 105 cm³/mol. The molecule has 3 heterocycles. The summed E-state index contributed by atoms with van der Waals surface area (Å²) in [4.78, 5) is 28.7. The van der Waals surface area contributed by atoms with Crippen molar-refractivity contribution in [1.29, 1.82) is 0 Å². The molecule has 1 aliphatic carbocycles. The maximum absolute atomic E-state index is 12.4. The summed E-state index contributed by atoms with van der Waals surface area (Å²) in [5.41, 5.74) is 2.42. The van der Waals surface area contributed by atoms with Crippen LogP contribution in [0.15, 0.2) is 53.6 Å². The summed E-state index contributed by atoms with van der Waals surface area (Å²) >= 11 is 0. The molecule has 1 fully saturated rings. The Kier molecular flexibility index (Phi) is 3.85. The van der Waals surface area contributed by atoms with Crippen LogP contribution in [0, 0.1) is 0 Å². The lowest BCUT2D eigenvalue weighted by molar-refractivity contribution is 0.333. The number of pyridine rings is 1. The number of nitrogens with one attached hydrogen (secondary N) is 2. The van der Waals surface area contributed by atoms with Crippen LogP contribution in [0.25, 0.3) is 22.1 Å². The van der Waals surface area contributed by atoms with E-state index in [9.17, 15) is 4.79 Å². The van der Waals surface area contributed by atoms with Crippen molar-refractivity contribution >= 4 is 28.0 Å². The predicted octanol–water partition coefficient (Wildman–Crippen LogP) is 3.26. The second kappa shape index (κ2) is 6.50. The minimum Gasteiger partial charge on any atom is -0.351 e. The zero-order valence-electron chi connectivity index (χ0n) is 14.8. The van der Waals surface area contributed by atoms with Crippen molar-refractivity contribution in [3.05, 3.63) is 59.3 Å². The van der Waals surface area contributed by atoms with Crippen LogP contribution in [0.3, 0.4) is 0 Å². The lowest BCUT2D eigenvalue weighted by atomic mass is 9.91. The van der Waals surface area contributed by atoms with Crippen LogP contribution >= 0.6 is 0 Å². The topological polar surface area (TPSA) is 88.5 Å². The summed E-state index contributed by atoms with van der Waals surface area (Å²) in [5.74, 6) is 0.670. The number of aromatic nitrogens is 5. The lowest BCUT2D eigenvalue weighted by Gasteiger charge is -2.29. The molecule has 0 spiro atoms. The first-order chi connectivity index (χ1) is 13.3. The third-order valence-corrected chi connectivity index (χ3v) is 5.36. The first kappa shape index (κ1) is 16.0. The normalized spacial score (nSPS) is 20.1. The van der Waals surface area contributed by atoms with Crippen molar-refractivity contribution in [2.75, 3.05) is 5.32 Å². The zero-order valence-corrected chi connectivity index (χ0v) is 14.8. The van der Waals surface area contributed by atoms with Crippen molar-refractivity contribution in [3.63, 3.8) is 0 Å². The maximum atomic E-state index is 12.4. The second-order valence-electron chi connectivity index (χ2n) is 7.08. The van der Waals surface area contributed by atoms with E-state index >= 15 is 0 Å². The van der Waals surface area contributed by atoms with Crippen molar-refractivity contribution < 1.29 is 0 Å². The Morgan fingerprint density at radius 3 is 2.78 bits per heavy atom. The number of hydrogen-bond acceptors (Lipinski definition) is 5. The van der Waals surface area contributed by atoms with Crippen LogP contribution in [0.5, 0.6) is 0 Å². The second-order valence-corrected chi connectivity index (χ2v) is 7.08. The fourth-order valence-corrected chi connectivity index (χ4v) is 4.00. The largest absolute Gasteiger partial charge is 0.351 e. The van der Waals surface area contributed by atoms with E-state index < -0.39 is 0 Å². The maximum Gasteiger partial charge on any atom is 0.327 e. The van der Waals surface area contributed by atoms with E-state index in [0.717, 1.165) is 47.8 Å². The molecule has 7 nitrogen and oxygen atoms in total. The van der Waals surface area contributed by atoms with Gasteiger partial charge in [-0.05, 0) is 43.9 Å². The highest BCUT2D eigenvalue weighted by molar-refractivity contribution is 5.78. The molecule has 0 unspecified atom stereocenters. The minimum atomic E-state index is -0.0713.